The van der Waals surface area contributed by atoms with E-state index in [1.807, 2.05) is 36.4 Å². The Bertz CT molecular complexity index is 845. The average molecular weight is 321 g/mol. The molecule has 0 fully saturated rings. The molecular formula is C19H15NO4. The van der Waals surface area contributed by atoms with Crippen LogP contribution in [0.15, 0.2) is 67.0 Å². The zero-order valence-electron chi connectivity index (χ0n) is 12.7. The molecule has 0 radical (unpaired) electrons. The minimum absolute atomic E-state index is 0.150. The fraction of sp³-hybridized carbons (Fsp3) is 0.0526. The van der Waals surface area contributed by atoms with Gasteiger partial charge in [0.25, 0.3) is 0 Å². The number of carboxylic acid groups (broad SMARTS) is 1. The van der Waals surface area contributed by atoms with Crippen LogP contribution in [0.1, 0.15) is 15.9 Å². The van der Waals surface area contributed by atoms with Gasteiger partial charge in [0.15, 0.2) is 0 Å². The molecular weight excluding hydrogens is 306 g/mol. The van der Waals surface area contributed by atoms with Crippen molar-refractivity contribution >= 4 is 5.97 Å². The summed E-state index contributed by atoms with van der Waals surface area (Å²) in [4.78, 5) is 15.0. The largest absolute Gasteiger partial charge is 0.507 e. The molecule has 5 nitrogen and oxygen atoms in total. The van der Waals surface area contributed by atoms with Crippen molar-refractivity contribution in [1.29, 1.82) is 0 Å². The fourth-order valence-electron chi connectivity index (χ4n) is 2.28. The van der Waals surface area contributed by atoms with Crippen LogP contribution in [0.25, 0.3) is 11.1 Å². The van der Waals surface area contributed by atoms with Gasteiger partial charge in [-0.3, -0.25) is 4.98 Å². The Hall–Kier alpha value is -3.34. The summed E-state index contributed by atoms with van der Waals surface area (Å²) >= 11 is 0. The molecule has 2 N–H and O–H groups in total. The van der Waals surface area contributed by atoms with E-state index >= 15 is 0 Å². The molecule has 0 spiro atoms. The van der Waals surface area contributed by atoms with E-state index in [9.17, 15) is 9.90 Å². The number of rotatable bonds is 5. The van der Waals surface area contributed by atoms with E-state index in [1.54, 1.807) is 12.4 Å². The van der Waals surface area contributed by atoms with Crippen LogP contribution in [0, 0.1) is 0 Å². The second-order valence-corrected chi connectivity index (χ2v) is 5.21. The van der Waals surface area contributed by atoms with Crippen LogP contribution in [0.3, 0.4) is 0 Å². The summed E-state index contributed by atoms with van der Waals surface area (Å²) in [5, 5.41) is 18.5. The molecule has 0 saturated carbocycles. The number of benzene rings is 2. The van der Waals surface area contributed by atoms with Gasteiger partial charge in [0.2, 0.25) is 0 Å². The molecule has 0 aliphatic rings. The maximum atomic E-state index is 10.9. The van der Waals surface area contributed by atoms with E-state index in [-0.39, 0.29) is 11.3 Å². The summed E-state index contributed by atoms with van der Waals surface area (Å²) in [5.41, 5.74) is 2.92. The maximum absolute atomic E-state index is 10.9. The van der Waals surface area contributed by atoms with Gasteiger partial charge < -0.3 is 14.9 Å². The van der Waals surface area contributed by atoms with Gasteiger partial charge in [0, 0.05) is 18.5 Å². The van der Waals surface area contributed by atoms with Crippen molar-refractivity contribution in [2.45, 2.75) is 6.61 Å². The Morgan fingerprint density at radius 2 is 1.83 bits per heavy atom. The van der Waals surface area contributed by atoms with Gasteiger partial charge in [-0.1, -0.05) is 30.3 Å². The zero-order chi connectivity index (χ0) is 16.9. The van der Waals surface area contributed by atoms with E-state index < -0.39 is 5.97 Å². The van der Waals surface area contributed by atoms with E-state index in [0.717, 1.165) is 16.7 Å². The van der Waals surface area contributed by atoms with Crippen molar-refractivity contribution in [2.24, 2.45) is 0 Å². The summed E-state index contributed by atoms with van der Waals surface area (Å²) < 4.78 is 5.59. The Balaban J connectivity index is 1.67. The minimum Gasteiger partial charge on any atom is -0.507 e. The first kappa shape index (κ1) is 15.6. The number of aromatic carboxylic acids is 1. The molecule has 0 unspecified atom stereocenters. The number of aromatic hydroxyl groups is 1. The maximum Gasteiger partial charge on any atom is 0.339 e. The third-order valence-corrected chi connectivity index (χ3v) is 3.55. The Morgan fingerprint density at radius 1 is 1.04 bits per heavy atom. The van der Waals surface area contributed by atoms with Gasteiger partial charge in [-0.2, -0.15) is 0 Å². The van der Waals surface area contributed by atoms with Crippen LogP contribution in [0.5, 0.6) is 11.5 Å². The Labute approximate surface area is 138 Å². The SMILES string of the molecule is O=C(O)c1ccc(OCc2ccc(-c3cccnc3)cc2)cc1O. The minimum atomic E-state index is -1.18. The lowest BCUT2D eigenvalue weighted by atomic mass is 10.1. The van der Waals surface area contributed by atoms with Crippen LogP contribution in [-0.2, 0) is 6.61 Å². The van der Waals surface area contributed by atoms with Crippen molar-refractivity contribution in [1.82, 2.24) is 4.98 Å². The van der Waals surface area contributed by atoms with E-state index in [0.29, 0.717) is 12.4 Å². The number of carbonyl (C=O) groups is 1. The lowest BCUT2D eigenvalue weighted by Crippen LogP contribution is -1.99. The molecule has 0 amide bonds. The van der Waals surface area contributed by atoms with Gasteiger partial charge in [-0.05, 0) is 34.9 Å². The number of nitrogens with zero attached hydrogens (tertiary/aromatic N) is 1. The highest BCUT2D eigenvalue weighted by atomic mass is 16.5. The number of hydrogen-bond donors (Lipinski definition) is 2. The standard InChI is InChI=1S/C19H15NO4/c21-18-10-16(7-8-17(18)19(22)23)24-12-13-3-5-14(6-4-13)15-2-1-9-20-11-15/h1-11,21H,12H2,(H,22,23). The smallest absolute Gasteiger partial charge is 0.339 e. The number of pyridine rings is 1. The fourth-order valence-corrected chi connectivity index (χ4v) is 2.28. The summed E-state index contributed by atoms with van der Waals surface area (Å²) in [6.07, 6.45) is 3.54. The first-order valence-electron chi connectivity index (χ1n) is 7.32. The molecule has 5 heteroatoms. The van der Waals surface area contributed by atoms with Crippen LogP contribution in [-0.4, -0.2) is 21.2 Å². The number of aromatic nitrogens is 1. The number of ether oxygens (including phenoxy) is 1. The molecule has 0 bridgehead atoms. The normalized spacial score (nSPS) is 10.3. The number of hydrogen-bond acceptors (Lipinski definition) is 4. The molecule has 0 aliphatic heterocycles. The summed E-state index contributed by atoms with van der Waals surface area (Å²) in [6, 6.07) is 15.9. The summed E-state index contributed by atoms with van der Waals surface area (Å²) in [7, 11) is 0. The third-order valence-electron chi connectivity index (χ3n) is 3.55. The molecule has 120 valence electrons. The van der Waals surface area contributed by atoms with Crippen LogP contribution in [0.4, 0.5) is 0 Å². The quantitative estimate of drug-likeness (QED) is 0.748. The topological polar surface area (TPSA) is 79.7 Å². The molecule has 1 aromatic heterocycles. The zero-order valence-corrected chi connectivity index (χ0v) is 12.7. The van der Waals surface area contributed by atoms with Gasteiger partial charge in [-0.15, -0.1) is 0 Å². The molecule has 2 aromatic carbocycles. The monoisotopic (exact) mass is 321 g/mol. The molecule has 3 aromatic rings. The second kappa shape index (κ2) is 6.83. The molecule has 3 rings (SSSR count). The van der Waals surface area contributed by atoms with E-state index in [2.05, 4.69) is 4.98 Å². The second-order valence-electron chi connectivity index (χ2n) is 5.21. The predicted octanol–water partition coefficient (Wildman–Crippen LogP) is 3.73. The highest BCUT2D eigenvalue weighted by molar-refractivity contribution is 5.90. The third kappa shape index (κ3) is 3.52. The molecule has 0 atom stereocenters. The number of carboxylic acids is 1. The first-order chi connectivity index (χ1) is 11.6. The number of phenols is 1. The van der Waals surface area contributed by atoms with Crippen LogP contribution < -0.4 is 4.74 Å². The Kier molecular flexibility index (Phi) is 4.43. The van der Waals surface area contributed by atoms with Crippen molar-refractivity contribution < 1.29 is 19.7 Å². The predicted molar refractivity (Wildman–Crippen MR) is 89.1 cm³/mol. The van der Waals surface area contributed by atoms with Crippen LogP contribution in [0.2, 0.25) is 0 Å². The van der Waals surface area contributed by atoms with Crippen molar-refractivity contribution in [3.05, 3.63) is 78.1 Å². The molecule has 24 heavy (non-hydrogen) atoms. The van der Waals surface area contributed by atoms with Crippen molar-refractivity contribution in [2.75, 3.05) is 0 Å². The van der Waals surface area contributed by atoms with E-state index in [1.165, 1.54) is 18.2 Å². The van der Waals surface area contributed by atoms with Crippen LogP contribution >= 0.6 is 0 Å². The van der Waals surface area contributed by atoms with Gasteiger partial charge in [0.05, 0.1) is 0 Å². The average Bonchev–Trinajstić information content (AvgIpc) is 2.61. The van der Waals surface area contributed by atoms with Gasteiger partial charge in [0.1, 0.15) is 23.7 Å². The van der Waals surface area contributed by atoms with E-state index in [4.69, 9.17) is 9.84 Å². The highest BCUT2D eigenvalue weighted by Gasteiger charge is 2.10. The summed E-state index contributed by atoms with van der Waals surface area (Å²) in [5.74, 6) is -1.08. The van der Waals surface area contributed by atoms with Gasteiger partial charge >= 0.3 is 5.97 Å². The first-order valence-corrected chi connectivity index (χ1v) is 7.32. The molecule has 0 aliphatic carbocycles. The van der Waals surface area contributed by atoms with Gasteiger partial charge in [-0.25, -0.2) is 4.79 Å². The Morgan fingerprint density at radius 3 is 2.46 bits per heavy atom. The lowest BCUT2D eigenvalue weighted by Gasteiger charge is -2.08. The molecule has 0 saturated heterocycles. The highest BCUT2D eigenvalue weighted by Crippen LogP contribution is 2.25. The molecule has 1 heterocycles. The summed E-state index contributed by atoms with van der Waals surface area (Å²) in [6.45, 7) is 0.319. The van der Waals surface area contributed by atoms with Crippen molar-refractivity contribution in [3.8, 4) is 22.6 Å². The van der Waals surface area contributed by atoms with Crippen molar-refractivity contribution in [3.63, 3.8) is 0 Å². The lowest BCUT2D eigenvalue weighted by molar-refractivity contribution is 0.0693.